The number of carbonyl (C=O) groups excluding carboxylic acids is 1. The zero-order valence-electron chi connectivity index (χ0n) is 9.10. The first kappa shape index (κ1) is 14.8. The van der Waals surface area contributed by atoms with Crippen molar-refractivity contribution in [2.24, 2.45) is 0 Å². The van der Waals surface area contributed by atoms with Crippen LogP contribution >= 0.6 is 11.6 Å². The number of hydrogen-bond acceptors (Lipinski definition) is 1. The van der Waals surface area contributed by atoms with Gasteiger partial charge in [-0.3, -0.25) is 4.79 Å². The lowest BCUT2D eigenvalue weighted by Gasteiger charge is -2.15. The standard InChI is InChI=1S/C11H10ClF4NO/c12-5-7-1-3-8(4-2-7)9(18)17-6-11(15,16)10(13)14/h1-4,10H,5-6H2,(H,17,18). The highest BCUT2D eigenvalue weighted by Crippen LogP contribution is 2.21. The van der Waals surface area contributed by atoms with Gasteiger partial charge in [-0.1, -0.05) is 12.1 Å². The van der Waals surface area contributed by atoms with Crippen LogP contribution in [0.5, 0.6) is 0 Å². The molecule has 0 aliphatic carbocycles. The van der Waals surface area contributed by atoms with E-state index in [1.165, 1.54) is 12.1 Å². The summed E-state index contributed by atoms with van der Waals surface area (Å²) in [7, 11) is 0. The Morgan fingerprint density at radius 1 is 1.28 bits per heavy atom. The summed E-state index contributed by atoms with van der Waals surface area (Å²) in [5.41, 5.74) is 0.861. The van der Waals surface area contributed by atoms with Crippen molar-refractivity contribution in [3.63, 3.8) is 0 Å². The number of hydrogen-bond donors (Lipinski definition) is 1. The molecule has 1 rings (SSSR count). The molecule has 0 aromatic heterocycles. The Morgan fingerprint density at radius 2 is 1.83 bits per heavy atom. The quantitative estimate of drug-likeness (QED) is 0.653. The molecule has 0 heterocycles. The van der Waals surface area contributed by atoms with Crippen molar-refractivity contribution in [1.29, 1.82) is 0 Å². The van der Waals surface area contributed by atoms with Crippen LogP contribution in [0.25, 0.3) is 0 Å². The molecular weight excluding hydrogens is 274 g/mol. The Balaban J connectivity index is 2.60. The van der Waals surface area contributed by atoms with Gasteiger partial charge in [0.25, 0.3) is 5.91 Å². The van der Waals surface area contributed by atoms with Gasteiger partial charge in [-0.25, -0.2) is 8.78 Å². The van der Waals surface area contributed by atoms with Gasteiger partial charge < -0.3 is 5.32 Å². The van der Waals surface area contributed by atoms with Crippen LogP contribution in [0.3, 0.4) is 0 Å². The lowest BCUT2D eigenvalue weighted by Crippen LogP contribution is -2.41. The molecule has 2 nitrogen and oxygen atoms in total. The Kier molecular flexibility index (Phi) is 4.95. The first-order valence-electron chi connectivity index (χ1n) is 4.96. The van der Waals surface area contributed by atoms with Gasteiger partial charge in [0.2, 0.25) is 0 Å². The molecule has 1 aromatic carbocycles. The Morgan fingerprint density at radius 3 is 2.28 bits per heavy atom. The van der Waals surface area contributed by atoms with Crippen LogP contribution in [0, 0.1) is 0 Å². The van der Waals surface area contributed by atoms with Crippen molar-refractivity contribution >= 4 is 17.5 Å². The second-order valence-corrected chi connectivity index (χ2v) is 3.84. The second-order valence-electron chi connectivity index (χ2n) is 3.57. The van der Waals surface area contributed by atoms with Crippen LogP contribution in [-0.4, -0.2) is 24.8 Å². The average molecular weight is 284 g/mol. The first-order valence-corrected chi connectivity index (χ1v) is 5.49. The maximum Gasteiger partial charge on any atom is 0.324 e. The molecule has 0 spiro atoms. The molecule has 0 aliphatic heterocycles. The molecule has 0 saturated heterocycles. The molecule has 1 aromatic rings. The van der Waals surface area contributed by atoms with Crippen molar-refractivity contribution in [3.8, 4) is 0 Å². The van der Waals surface area contributed by atoms with Crippen molar-refractivity contribution in [1.82, 2.24) is 5.32 Å². The highest BCUT2D eigenvalue weighted by atomic mass is 35.5. The van der Waals surface area contributed by atoms with Crippen LogP contribution < -0.4 is 5.32 Å². The van der Waals surface area contributed by atoms with E-state index in [-0.39, 0.29) is 11.4 Å². The molecule has 0 fully saturated rings. The van der Waals surface area contributed by atoms with Gasteiger partial charge in [-0.15, -0.1) is 11.6 Å². The number of halogens is 5. The van der Waals surface area contributed by atoms with Gasteiger partial charge in [-0.2, -0.15) is 8.78 Å². The van der Waals surface area contributed by atoms with E-state index in [1.807, 2.05) is 0 Å². The van der Waals surface area contributed by atoms with Crippen molar-refractivity contribution in [3.05, 3.63) is 35.4 Å². The molecule has 18 heavy (non-hydrogen) atoms. The smallest absolute Gasteiger partial charge is 0.324 e. The topological polar surface area (TPSA) is 29.1 Å². The number of alkyl halides is 5. The second kappa shape index (κ2) is 6.04. The monoisotopic (exact) mass is 283 g/mol. The molecule has 0 unspecified atom stereocenters. The molecule has 0 aliphatic rings. The van der Waals surface area contributed by atoms with Gasteiger partial charge in [0.1, 0.15) is 0 Å². The highest BCUT2D eigenvalue weighted by Gasteiger charge is 2.40. The molecule has 1 N–H and O–H groups in total. The highest BCUT2D eigenvalue weighted by molar-refractivity contribution is 6.17. The Hall–Kier alpha value is -1.30. The maximum absolute atomic E-state index is 12.6. The largest absolute Gasteiger partial charge is 0.346 e. The molecule has 0 saturated carbocycles. The predicted molar refractivity (Wildman–Crippen MR) is 59.3 cm³/mol. The third kappa shape index (κ3) is 3.87. The van der Waals surface area contributed by atoms with E-state index in [0.717, 1.165) is 5.56 Å². The number of benzene rings is 1. The van der Waals surface area contributed by atoms with Crippen molar-refractivity contribution < 1.29 is 22.4 Å². The fraction of sp³-hybridized carbons (Fsp3) is 0.364. The number of carbonyl (C=O) groups is 1. The molecule has 0 bridgehead atoms. The fourth-order valence-electron chi connectivity index (χ4n) is 1.12. The zero-order valence-corrected chi connectivity index (χ0v) is 9.85. The van der Waals surface area contributed by atoms with E-state index < -0.39 is 24.8 Å². The summed E-state index contributed by atoms with van der Waals surface area (Å²) in [6.45, 7) is -1.40. The lowest BCUT2D eigenvalue weighted by molar-refractivity contribution is -0.123. The minimum absolute atomic E-state index is 0.105. The lowest BCUT2D eigenvalue weighted by atomic mass is 10.1. The average Bonchev–Trinajstić information content (AvgIpc) is 2.36. The van der Waals surface area contributed by atoms with Gasteiger partial charge in [0, 0.05) is 11.4 Å². The molecule has 100 valence electrons. The van der Waals surface area contributed by atoms with Crippen LogP contribution in [0.2, 0.25) is 0 Å². The van der Waals surface area contributed by atoms with E-state index in [2.05, 4.69) is 0 Å². The van der Waals surface area contributed by atoms with Crippen LogP contribution in [-0.2, 0) is 5.88 Å². The summed E-state index contributed by atoms with van der Waals surface area (Å²) >= 11 is 5.53. The van der Waals surface area contributed by atoms with E-state index in [4.69, 9.17) is 11.6 Å². The van der Waals surface area contributed by atoms with Gasteiger partial charge in [0.05, 0.1) is 6.54 Å². The molecule has 7 heteroatoms. The van der Waals surface area contributed by atoms with E-state index in [9.17, 15) is 22.4 Å². The third-order valence-corrected chi connectivity index (χ3v) is 2.48. The summed E-state index contributed by atoms with van der Waals surface area (Å²) in [6.07, 6.45) is -3.81. The minimum atomic E-state index is -4.23. The van der Waals surface area contributed by atoms with E-state index in [1.54, 1.807) is 17.4 Å². The van der Waals surface area contributed by atoms with Crippen LogP contribution in [0.4, 0.5) is 17.6 Å². The van der Waals surface area contributed by atoms with Gasteiger partial charge in [0.15, 0.2) is 0 Å². The van der Waals surface area contributed by atoms with Crippen LogP contribution in [0.15, 0.2) is 24.3 Å². The summed E-state index contributed by atoms with van der Waals surface area (Å²) in [6, 6.07) is 5.86. The normalized spacial score (nSPS) is 11.7. The predicted octanol–water partition coefficient (Wildman–Crippen LogP) is 3.06. The summed E-state index contributed by atoms with van der Waals surface area (Å²) in [5, 5.41) is 1.76. The van der Waals surface area contributed by atoms with E-state index >= 15 is 0 Å². The fourth-order valence-corrected chi connectivity index (χ4v) is 1.30. The summed E-state index contributed by atoms with van der Waals surface area (Å²) < 4.78 is 48.8. The zero-order chi connectivity index (χ0) is 13.8. The molecule has 1 amide bonds. The minimum Gasteiger partial charge on any atom is -0.346 e. The summed E-state index contributed by atoms with van der Waals surface area (Å²) in [5.74, 6) is -4.81. The third-order valence-electron chi connectivity index (χ3n) is 2.17. The first-order chi connectivity index (χ1) is 8.36. The molecule has 0 radical (unpaired) electrons. The SMILES string of the molecule is O=C(NCC(F)(F)C(F)F)c1ccc(CCl)cc1. The number of amides is 1. The van der Waals surface area contributed by atoms with Crippen LogP contribution in [0.1, 0.15) is 15.9 Å². The molecule has 0 atom stereocenters. The van der Waals surface area contributed by atoms with Crippen molar-refractivity contribution in [2.45, 2.75) is 18.2 Å². The van der Waals surface area contributed by atoms with Gasteiger partial charge in [-0.05, 0) is 17.7 Å². The Bertz CT molecular complexity index is 408. The molecular formula is C11H10ClF4NO. The van der Waals surface area contributed by atoms with Gasteiger partial charge >= 0.3 is 12.3 Å². The van der Waals surface area contributed by atoms with Crippen molar-refractivity contribution in [2.75, 3.05) is 6.54 Å². The number of rotatable bonds is 5. The van der Waals surface area contributed by atoms with E-state index in [0.29, 0.717) is 0 Å². The summed E-state index contributed by atoms with van der Waals surface area (Å²) in [4.78, 5) is 11.4. The Labute approximate surface area is 106 Å². The number of nitrogens with one attached hydrogen (secondary N) is 1. The maximum atomic E-state index is 12.6.